The molecule has 1 aromatic heterocycles. The summed E-state index contributed by atoms with van der Waals surface area (Å²) in [7, 11) is 1.66. The second-order valence-corrected chi connectivity index (χ2v) is 5.47. The zero-order valence-electron chi connectivity index (χ0n) is 14.2. The van der Waals surface area contributed by atoms with Crippen molar-refractivity contribution in [3.8, 4) is 0 Å². The Balaban J connectivity index is 1.74. The van der Waals surface area contributed by atoms with Crippen molar-refractivity contribution in [1.29, 1.82) is 0 Å². The number of rotatable bonds is 7. The number of aliphatic imine (C=N–C) groups is 1. The molecule has 2 aromatic rings. The number of halogens is 1. The van der Waals surface area contributed by atoms with Crippen molar-refractivity contribution in [2.75, 3.05) is 20.1 Å². The second kappa shape index (κ2) is 8.76. The summed E-state index contributed by atoms with van der Waals surface area (Å²) in [6, 6.07) is 4.76. The van der Waals surface area contributed by atoms with E-state index in [-0.39, 0.29) is 11.5 Å². The Morgan fingerprint density at radius 3 is 2.80 bits per heavy atom. The third kappa shape index (κ3) is 5.55. The fourth-order valence-electron chi connectivity index (χ4n) is 2.33. The van der Waals surface area contributed by atoms with Crippen molar-refractivity contribution in [2.45, 2.75) is 19.9 Å². The number of hydrogen-bond donors (Lipinski definition) is 2. The highest BCUT2D eigenvalue weighted by molar-refractivity contribution is 5.79. The van der Waals surface area contributed by atoms with Gasteiger partial charge in [0.25, 0.3) is 0 Å². The molecule has 25 heavy (non-hydrogen) atoms. The monoisotopic (exact) mass is 348 g/mol. The first-order chi connectivity index (χ1) is 12.0. The molecule has 0 aliphatic rings. The predicted octanol–water partition coefficient (Wildman–Crippen LogP) is 1.65. The molecule has 2 rings (SSSR count). The number of nitrogens with one attached hydrogen (secondary N) is 2. The molecule has 0 bridgehead atoms. The Bertz CT molecular complexity index is 759. The maximum atomic E-state index is 13.1. The van der Waals surface area contributed by atoms with E-state index in [0.717, 1.165) is 17.5 Å². The summed E-state index contributed by atoms with van der Waals surface area (Å²) in [5.74, 6) is 0.395. The van der Waals surface area contributed by atoms with Gasteiger partial charge < -0.3 is 10.6 Å². The molecule has 1 aromatic carbocycles. The Kier molecular flexibility index (Phi) is 6.44. The van der Waals surface area contributed by atoms with E-state index < -0.39 is 4.92 Å². The SMILES string of the molecule is CN=C(NCCc1ccc(F)cc1C)NCCn1cc([N+](=O)[O-])cn1. The lowest BCUT2D eigenvalue weighted by Gasteiger charge is -2.12. The van der Waals surface area contributed by atoms with Crippen molar-refractivity contribution in [3.63, 3.8) is 0 Å². The molecule has 0 saturated heterocycles. The van der Waals surface area contributed by atoms with Gasteiger partial charge in [-0.1, -0.05) is 6.07 Å². The standard InChI is InChI=1S/C16H21FN6O2/c1-12-9-14(17)4-3-13(12)5-6-19-16(18-2)20-7-8-22-11-15(10-21-22)23(24)25/h3-4,9-11H,5-8H2,1-2H3,(H2,18,19,20). The highest BCUT2D eigenvalue weighted by Gasteiger charge is 2.08. The van der Waals surface area contributed by atoms with Crippen LogP contribution in [0.25, 0.3) is 0 Å². The summed E-state index contributed by atoms with van der Waals surface area (Å²) >= 11 is 0. The van der Waals surface area contributed by atoms with Gasteiger partial charge in [-0.05, 0) is 36.6 Å². The van der Waals surface area contributed by atoms with Crippen LogP contribution < -0.4 is 10.6 Å². The largest absolute Gasteiger partial charge is 0.356 e. The van der Waals surface area contributed by atoms with E-state index in [1.54, 1.807) is 13.1 Å². The number of guanidine groups is 1. The number of nitro groups is 1. The second-order valence-electron chi connectivity index (χ2n) is 5.47. The minimum Gasteiger partial charge on any atom is -0.356 e. The summed E-state index contributed by atoms with van der Waals surface area (Å²) < 4.78 is 14.6. The molecule has 0 fully saturated rings. The number of aryl methyl sites for hydroxylation is 1. The van der Waals surface area contributed by atoms with Gasteiger partial charge in [-0.25, -0.2) is 4.39 Å². The molecule has 0 aliphatic carbocycles. The summed E-state index contributed by atoms with van der Waals surface area (Å²) in [5.41, 5.74) is 1.97. The first-order valence-electron chi connectivity index (χ1n) is 7.86. The van der Waals surface area contributed by atoms with Crippen LogP contribution in [0.4, 0.5) is 10.1 Å². The predicted molar refractivity (Wildman–Crippen MR) is 93.1 cm³/mol. The van der Waals surface area contributed by atoms with Gasteiger partial charge in [0, 0.05) is 20.1 Å². The smallest absolute Gasteiger partial charge is 0.306 e. The zero-order chi connectivity index (χ0) is 18.2. The summed E-state index contributed by atoms with van der Waals surface area (Å²) in [4.78, 5) is 14.2. The fourth-order valence-corrected chi connectivity index (χ4v) is 2.33. The average Bonchev–Trinajstić information content (AvgIpc) is 3.04. The van der Waals surface area contributed by atoms with Gasteiger partial charge in [-0.15, -0.1) is 0 Å². The quantitative estimate of drug-likeness (QED) is 0.343. The summed E-state index contributed by atoms with van der Waals surface area (Å²) in [6.07, 6.45) is 3.35. The molecule has 0 atom stereocenters. The van der Waals surface area contributed by atoms with Gasteiger partial charge >= 0.3 is 5.69 Å². The molecule has 0 spiro atoms. The number of benzene rings is 1. The normalized spacial score (nSPS) is 11.4. The van der Waals surface area contributed by atoms with Crippen LogP contribution in [-0.2, 0) is 13.0 Å². The fraction of sp³-hybridized carbons (Fsp3) is 0.375. The molecular formula is C16H21FN6O2. The van der Waals surface area contributed by atoms with E-state index in [9.17, 15) is 14.5 Å². The lowest BCUT2D eigenvalue weighted by Crippen LogP contribution is -2.39. The minimum absolute atomic E-state index is 0.0304. The van der Waals surface area contributed by atoms with Crippen LogP contribution >= 0.6 is 0 Å². The highest BCUT2D eigenvalue weighted by Crippen LogP contribution is 2.10. The molecular weight excluding hydrogens is 327 g/mol. The van der Waals surface area contributed by atoms with E-state index in [0.29, 0.717) is 25.6 Å². The number of aromatic nitrogens is 2. The van der Waals surface area contributed by atoms with Crippen molar-refractivity contribution >= 4 is 11.6 Å². The van der Waals surface area contributed by atoms with Crippen LogP contribution in [0.3, 0.4) is 0 Å². The molecule has 134 valence electrons. The summed E-state index contributed by atoms with van der Waals surface area (Å²) in [5, 5.41) is 20.8. The molecule has 1 heterocycles. The van der Waals surface area contributed by atoms with E-state index in [4.69, 9.17) is 0 Å². The maximum absolute atomic E-state index is 13.1. The molecule has 0 unspecified atom stereocenters. The highest BCUT2D eigenvalue weighted by atomic mass is 19.1. The molecule has 0 aliphatic heterocycles. The van der Waals surface area contributed by atoms with Gasteiger partial charge in [0.15, 0.2) is 5.96 Å². The first-order valence-corrected chi connectivity index (χ1v) is 7.86. The molecule has 9 heteroatoms. The van der Waals surface area contributed by atoms with Crippen LogP contribution in [0.15, 0.2) is 35.6 Å². The molecule has 0 radical (unpaired) electrons. The van der Waals surface area contributed by atoms with E-state index in [1.165, 1.54) is 29.2 Å². The van der Waals surface area contributed by atoms with Crippen molar-refractivity contribution in [1.82, 2.24) is 20.4 Å². The van der Waals surface area contributed by atoms with Gasteiger partial charge in [0.2, 0.25) is 0 Å². The third-order valence-electron chi connectivity index (χ3n) is 3.68. The van der Waals surface area contributed by atoms with Gasteiger partial charge in [-0.2, -0.15) is 5.10 Å². The Morgan fingerprint density at radius 1 is 1.40 bits per heavy atom. The van der Waals surface area contributed by atoms with E-state index in [2.05, 4.69) is 20.7 Å². The first kappa shape index (κ1) is 18.4. The Hall–Kier alpha value is -2.97. The van der Waals surface area contributed by atoms with Crippen LogP contribution in [0.2, 0.25) is 0 Å². The van der Waals surface area contributed by atoms with Crippen molar-refractivity contribution in [3.05, 3.63) is 57.7 Å². The van der Waals surface area contributed by atoms with Gasteiger partial charge in [0.1, 0.15) is 18.2 Å². The zero-order valence-corrected chi connectivity index (χ0v) is 14.2. The average molecular weight is 348 g/mol. The Labute approximate surface area is 144 Å². The molecule has 2 N–H and O–H groups in total. The molecule has 0 saturated carbocycles. The Morgan fingerprint density at radius 2 is 2.16 bits per heavy atom. The van der Waals surface area contributed by atoms with E-state index >= 15 is 0 Å². The van der Waals surface area contributed by atoms with E-state index in [1.807, 2.05) is 6.92 Å². The topological polar surface area (TPSA) is 97.4 Å². The van der Waals surface area contributed by atoms with Gasteiger partial charge in [-0.3, -0.25) is 19.8 Å². The van der Waals surface area contributed by atoms with Crippen LogP contribution in [-0.4, -0.2) is 40.8 Å². The maximum Gasteiger partial charge on any atom is 0.306 e. The number of nitrogens with zero attached hydrogens (tertiary/aromatic N) is 4. The molecule has 8 nitrogen and oxygen atoms in total. The third-order valence-corrected chi connectivity index (χ3v) is 3.68. The molecule has 0 amide bonds. The van der Waals surface area contributed by atoms with Crippen molar-refractivity contribution < 1.29 is 9.31 Å². The number of hydrogen-bond acceptors (Lipinski definition) is 4. The lowest BCUT2D eigenvalue weighted by molar-refractivity contribution is -0.385. The van der Waals surface area contributed by atoms with Crippen molar-refractivity contribution in [2.24, 2.45) is 4.99 Å². The minimum atomic E-state index is -0.477. The van der Waals surface area contributed by atoms with Gasteiger partial charge in [0.05, 0.1) is 11.5 Å². The summed E-state index contributed by atoms with van der Waals surface area (Å²) in [6.45, 7) is 3.54. The van der Waals surface area contributed by atoms with Crippen LogP contribution in [0.5, 0.6) is 0 Å². The lowest BCUT2D eigenvalue weighted by atomic mass is 10.1. The van der Waals surface area contributed by atoms with Crippen LogP contribution in [0.1, 0.15) is 11.1 Å². The van der Waals surface area contributed by atoms with Crippen LogP contribution in [0, 0.1) is 22.9 Å².